The molecule has 8 heteroatoms. The van der Waals surface area contributed by atoms with E-state index in [1.54, 1.807) is 18.2 Å². The number of urea groups is 1. The van der Waals surface area contributed by atoms with Crippen molar-refractivity contribution in [2.24, 2.45) is 0 Å². The third-order valence-corrected chi connectivity index (χ3v) is 5.36. The molecule has 2 aliphatic rings. The summed E-state index contributed by atoms with van der Waals surface area (Å²) in [5.74, 6) is -1.22. The Balaban J connectivity index is 1.49. The van der Waals surface area contributed by atoms with Crippen LogP contribution in [-0.4, -0.2) is 42.2 Å². The number of hydrogen-bond donors (Lipinski definition) is 3. The van der Waals surface area contributed by atoms with Gasteiger partial charge in [-0.2, -0.15) is 0 Å². The maximum Gasteiger partial charge on any atom is 0.325 e. The Labute approximate surface area is 167 Å². The predicted molar refractivity (Wildman–Crippen MR) is 105 cm³/mol. The molecule has 1 aliphatic heterocycles. The van der Waals surface area contributed by atoms with E-state index in [0.29, 0.717) is 24.1 Å². The van der Waals surface area contributed by atoms with Crippen molar-refractivity contribution in [2.45, 2.75) is 18.4 Å². The normalized spacial score (nSPS) is 19.8. The summed E-state index contributed by atoms with van der Waals surface area (Å²) < 4.78 is 0. The highest BCUT2D eigenvalue weighted by atomic mass is 16.2. The van der Waals surface area contributed by atoms with E-state index in [9.17, 15) is 19.2 Å². The molecule has 2 aromatic rings. The first-order chi connectivity index (χ1) is 13.9. The smallest absolute Gasteiger partial charge is 0.325 e. The van der Waals surface area contributed by atoms with Crippen LogP contribution >= 0.6 is 0 Å². The quantitative estimate of drug-likeness (QED) is 0.683. The lowest BCUT2D eigenvalue weighted by Crippen LogP contribution is -2.43. The average Bonchev–Trinajstić information content (AvgIpc) is 3.21. The molecule has 1 heterocycles. The summed E-state index contributed by atoms with van der Waals surface area (Å²) in [4.78, 5) is 50.7. The van der Waals surface area contributed by atoms with E-state index >= 15 is 0 Å². The highest BCUT2D eigenvalue weighted by Crippen LogP contribution is 2.41. The van der Waals surface area contributed by atoms with Crippen molar-refractivity contribution in [3.63, 3.8) is 0 Å². The fourth-order valence-corrected chi connectivity index (χ4v) is 3.96. The fraction of sp³-hybridized carbons (Fsp3) is 0.238. The number of fused-ring (bicyclic) bond motifs is 2. The van der Waals surface area contributed by atoms with Crippen molar-refractivity contribution in [2.75, 3.05) is 18.9 Å². The van der Waals surface area contributed by atoms with Crippen LogP contribution in [-0.2, 0) is 21.5 Å². The zero-order valence-corrected chi connectivity index (χ0v) is 15.8. The number of nitrogens with one attached hydrogen (secondary N) is 3. The molecule has 0 bridgehead atoms. The summed E-state index contributed by atoms with van der Waals surface area (Å²) >= 11 is 0. The van der Waals surface area contributed by atoms with Crippen LogP contribution in [0.1, 0.15) is 27.9 Å². The lowest BCUT2D eigenvalue weighted by atomic mass is 9.92. The highest BCUT2D eigenvalue weighted by Gasteiger charge is 2.55. The Morgan fingerprint density at radius 2 is 1.93 bits per heavy atom. The number of aryl methyl sites for hydroxylation is 1. The Kier molecular flexibility index (Phi) is 4.54. The summed E-state index contributed by atoms with van der Waals surface area (Å²) in [6.45, 7) is -0.404. The monoisotopic (exact) mass is 392 g/mol. The largest absolute Gasteiger partial charge is 0.355 e. The van der Waals surface area contributed by atoms with Crippen molar-refractivity contribution in [1.82, 2.24) is 15.5 Å². The Hall–Kier alpha value is -3.68. The van der Waals surface area contributed by atoms with E-state index < -0.39 is 29.9 Å². The number of carbonyl (C=O) groups excluding carboxylic acids is 4. The first kappa shape index (κ1) is 18.7. The van der Waals surface area contributed by atoms with Crippen molar-refractivity contribution in [1.29, 1.82) is 0 Å². The lowest BCUT2D eigenvalue weighted by molar-refractivity contribution is -0.134. The molecule has 29 heavy (non-hydrogen) atoms. The molecule has 4 rings (SSSR count). The Bertz CT molecular complexity index is 1030. The number of amides is 5. The van der Waals surface area contributed by atoms with Crippen LogP contribution in [0.15, 0.2) is 48.5 Å². The summed E-state index contributed by atoms with van der Waals surface area (Å²) in [6, 6.07) is 13.3. The fourth-order valence-electron chi connectivity index (χ4n) is 3.96. The minimum absolute atomic E-state index is 0.281. The second-order valence-electron chi connectivity index (χ2n) is 7.09. The molecule has 8 nitrogen and oxygen atoms in total. The van der Waals surface area contributed by atoms with Crippen molar-refractivity contribution >= 4 is 29.4 Å². The molecule has 0 saturated carbocycles. The molecule has 0 unspecified atom stereocenters. The van der Waals surface area contributed by atoms with Crippen LogP contribution in [0.25, 0.3) is 0 Å². The van der Waals surface area contributed by atoms with Gasteiger partial charge in [-0.15, -0.1) is 0 Å². The van der Waals surface area contributed by atoms with Crippen LogP contribution in [0.5, 0.6) is 0 Å². The summed E-state index contributed by atoms with van der Waals surface area (Å²) in [7, 11) is 1.52. The predicted octanol–water partition coefficient (Wildman–Crippen LogP) is 1.38. The van der Waals surface area contributed by atoms with Crippen LogP contribution in [0.2, 0.25) is 0 Å². The van der Waals surface area contributed by atoms with Crippen LogP contribution in [0, 0.1) is 0 Å². The van der Waals surface area contributed by atoms with E-state index in [2.05, 4.69) is 16.0 Å². The topological polar surface area (TPSA) is 108 Å². The molecule has 1 fully saturated rings. The minimum atomic E-state index is -1.09. The minimum Gasteiger partial charge on any atom is -0.355 e. The van der Waals surface area contributed by atoms with Crippen molar-refractivity contribution in [3.05, 3.63) is 65.2 Å². The molecular weight excluding hydrogens is 372 g/mol. The first-order valence-electron chi connectivity index (χ1n) is 9.29. The Morgan fingerprint density at radius 1 is 1.14 bits per heavy atom. The maximum absolute atomic E-state index is 13.1. The van der Waals surface area contributed by atoms with Crippen molar-refractivity contribution in [3.8, 4) is 0 Å². The third kappa shape index (κ3) is 3.12. The molecule has 3 N–H and O–H groups in total. The van der Waals surface area contributed by atoms with Gasteiger partial charge < -0.3 is 16.0 Å². The van der Waals surface area contributed by atoms with Crippen LogP contribution in [0.4, 0.5) is 10.5 Å². The van der Waals surface area contributed by atoms with E-state index in [-0.39, 0.29) is 5.91 Å². The van der Waals surface area contributed by atoms with Gasteiger partial charge in [-0.3, -0.25) is 19.3 Å². The summed E-state index contributed by atoms with van der Waals surface area (Å²) in [6.07, 6.45) is 1.16. The van der Waals surface area contributed by atoms with Gasteiger partial charge >= 0.3 is 6.03 Å². The molecule has 2 aromatic carbocycles. The van der Waals surface area contributed by atoms with E-state index in [1.165, 1.54) is 13.1 Å². The molecular formula is C21H20N4O4. The number of hydrogen-bond acceptors (Lipinski definition) is 4. The van der Waals surface area contributed by atoms with E-state index in [0.717, 1.165) is 16.0 Å². The number of carbonyl (C=O) groups is 4. The zero-order chi connectivity index (χ0) is 20.6. The standard InChI is InChI=1S/C21H20N4O4/c1-22-18(27)14-6-4-7-15(11-14)23-17(26)12-25-19(28)21(24-20(25)29)10-9-13-5-2-3-8-16(13)21/h2-8,11H,9-10,12H2,1H3,(H,22,27)(H,23,26)(H,24,29)/t21-/m0/s1. The SMILES string of the molecule is CNC(=O)c1cccc(NC(=O)CN2C(=O)N[C@]3(CCc4ccccc43)C2=O)c1. The van der Waals surface area contributed by atoms with Gasteiger partial charge in [0.05, 0.1) is 0 Å². The molecule has 1 saturated heterocycles. The second-order valence-corrected chi connectivity index (χ2v) is 7.09. The van der Waals surface area contributed by atoms with Gasteiger partial charge in [0.1, 0.15) is 12.1 Å². The first-order valence-corrected chi connectivity index (χ1v) is 9.29. The molecule has 148 valence electrons. The molecule has 0 radical (unpaired) electrons. The van der Waals surface area contributed by atoms with Gasteiger partial charge in [-0.25, -0.2) is 4.79 Å². The summed E-state index contributed by atoms with van der Waals surface area (Å²) in [5, 5.41) is 7.94. The third-order valence-electron chi connectivity index (χ3n) is 5.36. The number of benzene rings is 2. The maximum atomic E-state index is 13.1. The summed E-state index contributed by atoms with van der Waals surface area (Å²) in [5.41, 5.74) is 1.52. The van der Waals surface area contributed by atoms with Gasteiger partial charge in [0.15, 0.2) is 0 Å². The zero-order valence-electron chi connectivity index (χ0n) is 15.8. The van der Waals surface area contributed by atoms with Crippen LogP contribution in [0.3, 0.4) is 0 Å². The van der Waals surface area contributed by atoms with Crippen LogP contribution < -0.4 is 16.0 Å². The van der Waals surface area contributed by atoms with Gasteiger partial charge in [-0.05, 0) is 42.2 Å². The average molecular weight is 392 g/mol. The number of rotatable bonds is 4. The second kappa shape index (κ2) is 7.05. The van der Waals surface area contributed by atoms with Gasteiger partial charge in [0, 0.05) is 18.3 Å². The lowest BCUT2D eigenvalue weighted by Gasteiger charge is -2.22. The number of imide groups is 1. The van der Waals surface area contributed by atoms with Gasteiger partial charge in [0.2, 0.25) is 5.91 Å². The number of anilines is 1. The highest BCUT2D eigenvalue weighted by molar-refractivity contribution is 6.11. The molecule has 1 atom stereocenters. The van der Waals surface area contributed by atoms with E-state index in [1.807, 2.05) is 24.3 Å². The van der Waals surface area contributed by atoms with Gasteiger partial charge in [-0.1, -0.05) is 30.3 Å². The van der Waals surface area contributed by atoms with Gasteiger partial charge in [0.25, 0.3) is 11.8 Å². The van der Waals surface area contributed by atoms with E-state index in [4.69, 9.17) is 0 Å². The molecule has 1 spiro atoms. The Morgan fingerprint density at radius 3 is 2.72 bits per heavy atom. The molecule has 0 aromatic heterocycles. The molecule has 5 amide bonds. The number of nitrogens with zero attached hydrogens (tertiary/aromatic N) is 1. The van der Waals surface area contributed by atoms with Crippen molar-refractivity contribution < 1.29 is 19.2 Å². The molecule has 1 aliphatic carbocycles.